The molecular weight excluding hydrogens is 466 g/mol. The summed E-state index contributed by atoms with van der Waals surface area (Å²) in [6.07, 6.45) is 3.18. The Balaban J connectivity index is 1.82. The molecule has 1 amide bonds. The number of para-hydroxylation sites is 1. The second-order valence-corrected chi connectivity index (χ2v) is 9.72. The van der Waals surface area contributed by atoms with Crippen molar-refractivity contribution in [2.75, 3.05) is 32.8 Å². The van der Waals surface area contributed by atoms with E-state index < -0.39 is 15.9 Å². The van der Waals surface area contributed by atoms with Gasteiger partial charge in [-0.05, 0) is 37.3 Å². The van der Waals surface area contributed by atoms with E-state index in [9.17, 15) is 18.5 Å². The molecule has 1 aliphatic heterocycles. The minimum absolute atomic E-state index is 0.0715. The Kier molecular flexibility index (Phi) is 7.41. The van der Waals surface area contributed by atoms with E-state index in [4.69, 9.17) is 4.74 Å². The first-order valence-corrected chi connectivity index (χ1v) is 12.6. The summed E-state index contributed by atoms with van der Waals surface area (Å²) >= 11 is 0. The number of hydrogen-bond acceptors (Lipinski definition) is 6. The Morgan fingerprint density at radius 3 is 2.60 bits per heavy atom. The second kappa shape index (κ2) is 10.7. The van der Waals surface area contributed by atoms with Crippen LogP contribution in [-0.4, -0.2) is 61.3 Å². The maximum Gasteiger partial charge on any atom is 0.261 e. The minimum atomic E-state index is -3.71. The Morgan fingerprint density at radius 1 is 1.17 bits per heavy atom. The topological polar surface area (TPSA) is 117 Å². The fourth-order valence-electron chi connectivity index (χ4n) is 3.73. The molecule has 0 aliphatic carbocycles. The molecule has 4 rings (SSSR count). The van der Waals surface area contributed by atoms with Gasteiger partial charge in [0.25, 0.3) is 5.91 Å². The van der Waals surface area contributed by atoms with Crippen LogP contribution < -0.4 is 5.32 Å². The summed E-state index contributed by atoms with van der Waals surface area (Å²) in [7, 11) is -3.71. The van der Waals surface area contributed by atoms with Gasteiger partial charge in [-0.15, -0.1) is 0 Å². The third kappa shape index (κ3) is 5.33. The van der Waals surface area contributed by atoms with Gasteiger partial charge < -0.3 is 10.1 Å². The van der Waals surface area contributed by atoms with E-state index >= 15 is 0 Å². The average Bonchev–Trinajstić information content (AvgIpc) is 3.32. The predicted octanol–water partition coefficient (Wildman–Crippen LogP) is 2.60. The normalized spacial score (nSPS) is 14.9. The molecule has 0 spiro atoms. The summed E-state index contributed by atoms with van der Waals surface area (Å²) in [4.78, 5) is 12.5. The van der Waals surface area contributed by atoms with Gasteiger partial charge in [-0.3, -0.25) is 4.79 Å². The molecule has 2 aromatic carbocycles. The number of likely N-dealkylation sites (N-methyl/N-ethyl adjacent to an activating group) is 1. The molecular formula is C25H25N5O4S. The molecule has 9 nitrogen and oxygen atoms in total. The van der Waals surface area contributed by atoms with Crippen molar-refractivity contribution < 1.29 is 17.9 Å². The fourth-order valence-corrected chi connectivity index (χ4v) is 5.18. The Bertz CT molecular complexity index is 1380. The molecule has 0 radical (unpaired) electrons. The van der Waals surface area contributed by atoms with Crippen molar-refractivity contribution in [1.29, 1.82) is 5.26 Å². The number of ether oxygens (including phenoxy) is 1. The quantitative estimate of drug-likeness (QED) is 0.401. The molecule has 1 aromatic heterocycles. The number of sulfonamides is 1. The molecule has 1 N–H and O–H groups in total. The summed E-state index contributed by atoms with van der Waals surface area (Å²) in [5, 5.41) is 16.9. The molecule has 10 heteroatoms. The van der Waals surface area contributed by atoms with Gasteiger partial charge >= 0.3 is 0 Å². The number of carbonyl (C=O) groups excluding carboxylic acids is 1. The summed E-state index contributed by atoms with van der Waals surface area (Å²) < 4.78 is 34.7. The van der Waals surface area contributed by atoms with Crippen LogP contribution in [0.5, 0.6) is 0 Å². The summed E-state index contributed by atoms with van der Waals surface area (Å²) in [5.74, 6) is -0.489. The number of nitrogens with one attached hydrogen (secondary N) is 1. The van der Waals surface area contributed by atoms with E-state index in [0.717, 1.165) is 5.69 Å². The van der Waals surface area contributed by atoms with Gasteiger partial charge in [-0.2, -0.15) is 14.7 Å². The standard InChI is InChI=1S/C25H25N5O4S/c1-2-27-25(31)20(17-26)15-21-18-30(22-8-4-3-5-9-22)28-24(21)19-7-6-10-23(16-19)35(32,33)29-11-13-34-14-12-29/h3-10,15-16,18H,2,11-14H2,1H3,(H,27,31). The SMILES string of the molecule is CCNC(=O)C(C#N)=Cc1cn(-c2ccccc2)nc1-c1cccc(S(=O)(=O)N2CCOCC2)c1. The first-order chi connectivity index (χ1) is 16.9. The number of nitrogens with zero attached hydrogens (tertiary/aromatic N) is 4. The van der Waals surface area contributed by atoms with E-state index in [1.165, 1.54) is 10.4 Å². The zero-order valence-electron chi connectivity index (χ0n) is 19.2. The number of amides is 1. The van der Waals surface area contributed by atoms with E-state index in [2.05, 4.69) is 10.4 Å². The molecule has 0 bridgehead atoms. The van der Waals surface area contributed by atoms with Crippen molar-refractivity contribution in [3.05, 3.63) is 71.9 Å². The van der Waals surface area contributed by atoms with Gasteiger partial charge in [-0.1, -0.05) is 30.3 Å². The average molecular weight is 492 g/mol. The van der Waals surface area contributed by atoms with Crippen LogP contribution >= 0.6 is 0 Å². The van der Waals surface area contributed by atoms with Crippen molar-refractivity contribution in [3.8, 4) is 23.0 Å². The van der Waals surface area contributed by atoms with Crippen LogP contribution in [0.15, 0.2) is 71.3 Å². The first kappa shape index (κ1) is 24.3. The highest BCUT2D eigenvalue weighted by molar-refractivity contribution is 7.89. The fraction of sp³-hybridized carbons (Fsp3) is 0.240. The lowest BCUT2D eigenvalue weighted by molar-refractivity contribution is -0.116. The molecule has 1 fully saturated rings. The number of rotatable bonds is 7. The van der Waals surface area contributed by atoms with Crippen LogP contribution in [0.25, 0.3) is 23.0 Å². The predicted molar refractivity (Wildman–Crippen MR) is 131 cm³/mol. The van der Waals surface area contributed by atoms with Gasteiger partial charge in [-0.25, -0.2) is 13.1 Å². The maximum absolute atomic E-state index is 13.2. The van der Waals surface area contributed by atoms with E-state index in [1.54, 1.807) is 42.1 Å². The third-order valence-electron chi connectivity index (χ3n) is 5.48. The third-order valence-corrected chi connectivity index (χ3v) is 7.38. The lowest BCUT2D eigenvalue weighted by atomic mass is 10.1. The Hall–Kier alpha value is -3.78. The molecule has 2 heterocycles. The molecule has 3 aromatic rings. The lowest BCUT2D eigenvalue weighted by Crippen LogP contribution is -2.40. The van der Waals surface area contributed by atoms with Crippen LogP contribution in [0.4, 0.5) is 0 Å². The largest absolute Gasteiger partial charge is 0.379 e. The molecule has 180 valence electrons. The van der Waals surface area contributed by atoms with Crippen molar-refractivity contribution in [2.45, 2.75) is 11.8 Å². The highest BCUT2D eigenvalue weighted by Gasteiger charge is 2.27. The smallest absolute Gasteiger partial charge is 0.261 e. The highest BCUT2D eigenvalue weighted by atomic mass is 32.2. The van der Waals surface area contributed by atoms with Crippen LogP contribution in [0.1, 0.15) is 12.5 Å². The summed E-state index contributed by atoms with van der Waals surface area (Å²) in [6.45, 7) is 3.45. The van der Waals surface area contributed by atoms with Crippen molar-refractivity contribution >= 4 is 22.0 Å². The van der Waals surface area contributed by atoms with Gasteiger partial charge in [0.2, 0.25) is 10.0 Å². The minimum Gasteiger partial charge on any atom is -0.379 e. The highest BCUT2D eigenvalue weighted by Crippen LogP contribution is 2.29. The van der Waals surface area contributed by atoms with Gasteiger partial charge in [0, 0.05) is 37.0 Å². The zero-order valence-corrected chi connectivity index (χ0v) is 20.0. The van der Waals surface area contributed by atoms with Crippen molar-refractivity contribution in [3.63, 3.8) is 0 Å². The number of nitriles is 1. The first-order valence-electron chi connectivity index (χ1n) is 11.2. The second-order valence-electron chi connectivity index (χ2n) is 7.79. The summed E-state index contributed by atoms with van der Waals surface area (Å²) in [6, 6.07) is 17.8. The van der Waals surface area contributed by atoms with Gasteiger partial charge in [0.05, 0.1) is 23.8 Å². The van der Waals surface area contributed by atoms with Gasteiger partial charge in [0.1, 0.15) is 17.3 Å². The summed E-state index contributed by atoms with van der Waals surface area (Å²) in [5.41, 5.74) is 2.22. The monoisotopic (exact) mass is 491 g/mol. The Labute approximate surface area is 204 Å². The molecule has 0 atom stereocenters. The van der Waals surface area contributed by atoms with Crippen LogP contribution in [0.3, 0.4) is 0 Å². The maximum atomic E-state index is 13.2. The van der Waals surface area contributed by atoms with Crippen molar-refractivity contribution in [2.24, 2.45) is 0 Å². The Morgan fingerprint density at radius 2 is 1.91 bits per heavy atom. The number of benzene rings is 2. The lowest BCUT2D eigenvalue weighted by Gasteiger charge is -2.26. The van der Waals surface area contributed by atoms with E-state index in [1.807, 2.05) is 36.4 Å². The number of carbonyl (C=O) groups is 1. The molecule has 1 saturated heterocycles. The van der Waals surface area contributed by atoms with Crippen molar-refractivity contribution in [1.82, 2.24) is 19.4 Å². The van der Waals surface area contributed by atoms with Crippen LogP contribution in [0, 0.1) is 11.3 Å². The van der Waals surface area contributed by atoms with E-state index in [0.29, 0.717) is 49.7 Å². The molecule has 0 saturated carbocycles. The number of morpholine rings is 1. The zero-order chi connectivity index (χ0) is 24.8. The molecule has 1 aliphatic rings. The molecule has 0 unspecified atom stereocenters. The number of hydrogen-bond donors (Lipinski definition) is 1. The van der Waals surface area contributed by atoms with Crippen LogP contribution in [0.2, 0.25) is 0 Å². The molecule has 35 heavy (non-hydrogen) atoms. The number of aromatic nitrogens is 2. The van der Waals surface area contributed by atoms with Gasteiger partial charge in [0.15, 0.2) is 0 Å². The van der Waals surface area contributed by atoms with Crippen LogP contribution in [-0.2, 0) is 19.6 Å². The van der Waals surface area contributed by atoms with E-state index in [-0.39, 0.29) is 10.5 Å².